The molecule has 0 saturated heterocycles. The van der Waals surface area contributed by atoms with Gasteiger partial charge in [0.1, 0.15) is 17.8 Å². The highest BCUT2D eigenvalue weighted by Crippen LogP contribution is 2.28. The Balaban J connectivity index is 1.67. The highest BCUT2D eigenvalue weighted by Gasteiger charge is 2.16. The Labute approximate surface area is 120 Å². The number of fused-ring (bicyclic) bond motifs is 1. The van der Waals surface area contributed by atoms with Crippen molar-refractivity contribution in [3.05, 3.63) is 48.0 Å². The van der Waals surface area contributed by atoms with E-state index in [1.165, 1.54) is 18.6 Å². The minimum absolute atomic E-state index is 0.0246. The van der Waals surface area contributed by atoms with E-state index in [0.717, 1.165) is 5.56 Å². The number of anilines is 1. The second-order valence-electron chi connectivity index (χ2n) is 4.44. The van der Waals surface area contributed by atoms with Crippen LogP contribution in [0, 0.1) is 0 Å². The van der Waals surface area contributed by atoms with Crippen LogP contribution < -0.4 is 15.4 Å². The van der Waals surface area contributed by atoms with Crippen molar-refractivity contribution in [3.63, 3.8) is 0 Å². The second kappa shape index (κ2) is 5.58. The van der Waals surface area contributed by atoms with Crippen molar-refractivity contribution >= 4 is 17.5 Å². The summed E-state index contributed by atoms with van der Waals surface area (Å²) in [6, 6.07) is 6.90. The number of carbonyl (C=O) groups excluding carboxylic acids is 2. The topological polar surface area (TPSA) is 93.2 Å². The van der Waals surface area contributed by atoms with Crippen LogP contribution in [0.25, 0.3) is 0 Å². The Morgan fingerprint density at radius 1 is 1.38 bits per heavy atom. The maximum atomic E-state index is 11.9. The molecule has 7 heteroatoms. The molecule has 2 N–H and O–H groups in total. The van der Waals surface area contributed by atoms with E-state index < -0.39 is 0 Å². The first-order chi connectivity index (χ1) is 10.2. The lowest BCUT2D eigenvalue weighted by molar-refractivity contribution is -0.118. The molecule has 0 atom stereocenters. The fourth-order valence-corrected chi connectivity index (χ4v) is 1.94. The molecule has 2 heterocycles. The van der Waals surface area contributed by atoms with Crippen LogP contribution in [-0.4, -0.2) is 28.4 Å². The molecule has 106 valence electrons. The fraction of sp³-hybridized carbons (Fsp3) is 0.143. The molecule has 0 unspecified atom stereocenters. The van der Waals surface area contributed by atoms with Crippen molar-refractivity contribution in [2.75, 3.05) is 11.9 Å². The number of hydrogen-bond acceptors (Lipinski definition) is 5. The van der Waals surface area contributed by atoms with E-state index in [1.54, 1.807) is 12.1 Å². The van der Waals surface area contributed by atoms with Crippen LogP contribution in [-0.2, 0) is 11.3 Å². The summed E-state index contributed by atoms with van der Waals surface area (Å²) in [5.74, 6) is 0.153. The lowest BCUT2D eigenvalue weighted by atomic mass is 10.1. The van der Waals surface area contributed by atoms with Gasteiger partial charge in [0.25, 0.3) is 11.8 Å². The van der Waals surface area contributed by atoms with Crippen molar-refractivity contribution in [1.29, 1.82) is 0 Å². The van der Waals surface area contributed by atoms with Gasteiger partial charge in [-0.3, -0.25) is 9.59 Å². The number of carbonyl (C=O) groups is 2. The SMILES string of the molecule is O=C1COc2ccc(CNC(=O)c3ccncn3)cc2N1. The predicted molar refractivity (Wildman–Crippen MR) is 73.8 cm³/mol. The minimum atomic E-state index is -0.282. The first-order valence-electron chi connectivity index (χ1n) is 6.32. The third-order valence-corrected chi connectivity index (χ3v) is 2.94. The number of hydrogen-bond donors (Lipinski definition) is 2. The predicted octanol–water partition coefficient (Wildman–Crippen LogP) is 0.737. The molecule has 0 fully saturated rings. The summed E-state index contributed by atoms with van der Waals surface area (Å²) in [7, 11) is 0. The normalized spacial score (nSPS) is 12.9. The van der Waals surface area contributed by atoms with Gasteiger partial charge < -0.3 is 15.4 Å². The first-order valence-corrected chi connectivity index (χ1v) is 6.32. The Bertz CT molecular complexity index is 688. The van der Waals surface area contributed by atoms with Crippen LogP contribution in [0.5, 0.6) is 5.75 Å². The monoisotopic (exact) mass is 284 g/mol. The maximum Gasteiger partial charge on any atom is 0.270 e. The number of nitrogens with zero attached hydrogens (tertiary/aromatic N) is 2. The summed E-state index contributed by atoms with van der Waals surface area (Å²) < 4.78 is 5.27. The zero-order valence-electron chi connectivity index (χ0n) is 11.0. The van der Waals surface area contributed by atoms with Crippen LogP contribution in [0.15, 0.2) is 36.8 Å². The molecule has 1 aliphatic heterocycles. The largest absolute Gasteiger partial charge is 0.482 e. The zero-order chi connectivity index (χ0) is 14.7. The van der Waals surface area contributed by atoms with E-state index in [1.807, 2.05) is 6.07 Å². The van der Waals surface area contributed by atoms with Crippen molar-refractivity contribution in [2.45, 2.75) is 6.54 Å². The summed E-state index contributed by atoms with van der Waals surface area (Å²) in [4.78, 5) is 30.8. The number of nitrogens with one attached hydrogen (secondary N) is 2. The fourth-order valence-electron chi connectivity index (χ4n) is 1.94. The van der Waals surface area contributed by atoms with Crippen LogP contribution in [0.1, 0.15) is 16.1 Å². The summed E-state index contributed by atoms with van der Waals surface area (Å²) in [5, 5.41) is 5.47. The quantitative estimate of drug-likeness (QED) is 0.867. The van der Waals surface area contributed by atoms with Gasteiger partial charge in [-0.1, -0.05) is 6.07 Å². The third-order valence-electron chi connectivity index (χ3n) is 2.94. The molecule has 0 saturated carbocycles. The van der Waals surface area contributed by atoms with E-state index in [-0.39, 0.29) is 18.4 Å². The standard InChI is InChI=1S/C14H12N4O3/c19-13-7-21-12-2-1-9(5-11(12)18-13)6-16-14(20)10-3-4-15-8-17-10/h1-5,8H,6-7H2,(H,16,20)(H,18,19). The van der Waals surface area contributed by atoms with Crippen molar-refractivity contribution in [2.24, 2.45) is 0 Å². The van der Waals surface area contributed by atoms with Crippen molar-refractivity contribution in [3.8, 4) is 5.75 Å². The third kappa shape index (κ3) is 2.97. The van der Waals surface area contributed by atoms with Crippen molar-refractivity contribution < 1.29 is 14.3 Å². The van der Waals surface area contributed by atoms with Crippen LogP contribution >= 0.6 is 0 Å². The van der Waals surface area contributed by atoms with Crippen LogP contribution in [0.2, 0.25) is 0 Å². The Morgan fingerprint density at radius 2 is 2.29 bits per heavy atom. The Morgan fingerprint density at radius 3 is 3.10 bits per heavy atom. The zero-order valence-corrected chi connectivity index (χ0v) is 11.0. The molecule has 1 aromatic carbocycles. The maximum absolute atomic E-state index is 11.9. The number of benzene rings is 1. The van der Waals surface area contributed by atoms with Gasteiger partial charge >= 0.3 is 0 Å². The van der Waals surface area contributed by atoms with E-state index >= 15 is 0 Å². The van der Waals surface area contributed by atoms with Crippen LogP contribution in [0.3, 0.4) is 0 Å². The number of rotatable bonds is 3. The van der Waals surface area contributed by atoms with Gasteiger partial charge in [0.2, 0.25) is 0 Å². The number of ether oxygens (including phenoxy) is 1. The summed E-state index contributed by atoms with van der Waals surface area (Å²) in [6.07, 6.45) is 2.83. The Hall–Kier alpha value is -2.96. The number of amides is 2. The van der Waals surface area contributed by atoms with Crippen LogP contribution in [0.4, 0.5) is 5.69 Å². The molecule has 0 radical (unpaired) electrons. The number of aromatic nitrogens is 2. The molecule has 1 aromatic heterocycles. The highest BCUT2D eigenvalue weighted by atomic mass is 16.5. The van der Waals surface area contributed by atoms with Gasteiger partial charge in [-0.25, -0.2) is 9.97 Å². The lowest BCUT2D eigenvalue weighted by Gasteiger charge is -2.18. The molecule has 3 rings (SSSR count). The lowest BCUT2D eigenvalue weighted by Crippen LogP contribution is -2.26. The van der Waals surface area contributed by atoms with Gasteiger partial charge in [0.05, 0.1) is 5.69 Å². The van der Waals surface area contributed by atoms with Gasteiger partial charge in [-0.2, -0.15) is 0 Å². The molecule has 0 aliphatic carbocycles. The molecule has 0 spiro atoms. The van der Waals surface area contributed by atoms with Gasteiger partial charge in [0, 0.05) is 12.7 Å². The van der Waals surface area contributed by atoms with Crippen molar-refractivity contribution in [1.82, 2.24) is 15.3 Å². The summed E-state index contributed by atoms with van der Waals surface area (Å²) in [5.41, 5.74) is 1.77. The average molecular weight is 284 g/mol. The van der Waals surface area contributed by atoms with E-state index in [4.69, 9.17) is 4.74 Å². The second-order valence-corrected chi connectivity index (χ2v) is 4.44. The average Bonchev–Trinajstić information content (AvgIpc) is 2.53. The highest BCUT2D eigenvalue weighted by molar-refractivity contribution is 5.95. The van der Waals surface area contributed by atoms with E-state index in [0.29, 0.717) is 23.7 Å². The first kappa shape index (κ1) is 13.0. The molecule has 7 nitrogen and oxygen atoms in total. The molecular formula is C14H12N4O3. The van der Waals surface area contributed by atoms with E-state index in [2.05, 4.69) is 20.6 Å². The summed E-state index contributed by atoms with van der Waals surface area (Å²) >= 11 is 0. The molecule has 2 amide bonds. The van der Waals surface area contributed by atoms with Gasteiger partial charge in [-0.05, 0) is 23.8 Å². The minimum Gasteiger partial charge on any atom is -0.482 e. The molecule has 21 heavy (non-hydrogen) atoms. The molecule has 0 bridgehead atoms. The Kier molecular flexibility index (Phi) is 3.46. The summed E-state index contributed by atoms with van der Waals surface area (Å²) in [6.45, 7) is 0.350. The van der Waals surface area contributed by atoms with E-state index in [9.17, 15) is 9.59 Å². The molecule has 2 aromatic rings. The molecule has 1 aliphatic rings. The smallest absolute Gasteiger partial charge is 0.270 e. The molecular weight excluding hydrogens is 272 g/mol. The van der Waals surface area contributed by atoms with Gasteiger partial charge in [-0.15, -0.1) is 0 Å². The van der Waals surface area contributed by atoms with Gasteiger partial charge in [0.15, 0.2) is 6.61 Å².